The van der Waals surface area contributed by atoms with Gasteiger partial charge in [0.1, 0.15) is 31.3 Å². The van der Waals surface area contributed by atoms with Crippen LogP contribution in [-0.2, 0) is 20.7 Å². The van der Waals surface area contributed by atoms with Crippen LogP contribution in [0.3, 0.4) is 0 Å². The number of carbonyl (C=O) groups excluding carboxylic acids is 4. The third kappa shape index (κ3) is 5.79. The van der Waals surface area contributed by atoms with E-state index in [4.69, 9.17) is 14.2 Å². The molecule has 2 fully saturated rings. The molecule has 1 N–H and O–H groups in total. The molecule has 0 aromatic heterocycles. The minimum absolute atomic E-state index is 0.0653. The van der Waals surface area contributed by atoms with Crippen molar-refractivity contribution in [2.45, 2.75) is 18.8 Å². The molecule has 0 radical (unpaired) electrons. The lowest BCUT2D eigenvalue weighted by Gasteiger charge is -2.25. The second-order valence-electron chi connectivity index (χ2n) is 10.8. The summed E-state index contributed by atoms with van der Waals surface area (Å²) in [4.78, 5) is 56.6. The van der Waals surface area contributed by atoms with Crippen LogP contribution in [0.2, 0.25) is 0 Å². The Morgan fingerprint density at radius 3 is 2.59 bits per heavy atom. The van der Waals surface area contributed by atoms with Crippen LogP contribution in [0, 0.1) is 5.92 Å². The number of benzene rings is 2. The van der Waals surface area contributed by atoms with Gasteiger partial charge in [-0.3, -0.25) is 19.3 Å². The van der Waals surface area contributed by atoms with Gasteiger partial charge in [-0.05, 0) is 47.9 Å². The van der Waals surface area contributed by atoms with E-state index < -0.39 is 12.0 Å². The summed E-state index contributed by atoms with van der Waals surface area (Å²) < 4.78 is 16.6. The first-order valence-electron chi connectivity index (χ1n) is 14.2. The van der Waals surface area contributed by atoms with E-state index in [9.17, 15) is 19.2 Å². The highest BCUT2D eigenvalue weighted by molar-refractivity contribution is 5.94. The second kappa shape index (κ2) is 11.7. The molecule has 4 amide bonds. The standard InChI is InChI=1S/C30H34N4O7/c35-27(19-33-11-14-41-30(33)38)34-17-24-20-3-1-4-23(16-20)39-13-10-32(9-2-8-31-28(36)25(24)18-34)29(37)22-5-6-26-21(15-22)7-12-40-26/h1,3-6,15-16,24-25H,2,7-14,17-19H2,(H,31,36)/t24-,25+/m1/s1. The Balaban J connectivity index is 1.17. The van der Waals surface area contributed by atoms with Crippen LogP contribution in [0.25, 0.3) is 0 Å². The summed E-state index contributed by atoms with van der Waals surface area (Å²) in [5.74, 6) is 0.393. The smallest absolute Gasteiger partial charge is 0.410 e. The molecular weight excluding hydrogens is 528 g/mol. The first-order chi connectivity index (χ1) is 20.0. The number of hydrogen-bond donors (Lipinski definition) is 1. The highest BCUT2D eigenvalue weighted by Crippen LogP contribution is 2.35. The lowest BCUT2D eigenvalue weighted by molar-refractivity contribution is -0.131. The van der Waals surface area contributed by atoms with Gasteiger partial charge < -0.3 is 29.3 Å². The summed E-state index contributed by atoms with van der Waals surface area (Å²) in [7, 11) is 0. The van der Waals surface area contributed by atoms with Crippen molar-refractivity contribution in [3.63, 3.8) is 0 Å². The van der Waals surface area contributed by atoms with Gasteiger partial charge in [-0.2, -0.15) is 0 Å². The molecule has 2 saturated heterocycles. The number of ether oxygens (including phenoxy) is 3. The SMILES string of the molecule is O=C1NCCCN(C(=O)c2ccc3c(c2)CCO3)CCOc2cccc(c2)[C@H]2CN(C(=O)CN3CCOC3=O)C[C@H]12. The lowest BCUT2D eigenvalue weighted by atomic mass is 9.88. The summed E-state index contributed by atoms with van der Waals surface area (Å²) in [6.45, 7) is 3.43. The fraction of sp³-hybridized carbons (Fsp3) is 0.467. The number of rotatable bonds is 3. The van der Waals surface area contributed by atoms with Gasteiger partial charge in [0, 0.05) is 44.1 Å². The average molecular weight is 563 g/mol. The van der Waals surface area contributed by atoms with Crippen molar-refractivity contribution in [2.75, 3.05) is 65.6 Å². The molecule has 216 valence electrons. The highest BCUT2D eigenvalue weighted by atomic mass is 16.6. The Bertz CT molecular complexity index is 1350. The van der Waals surface area contributed by atoms with Crippen LogP contribution >= 0.6 is 0 Å². The quantitative estimate of drug-likeness (QED) is 0.605. The molecule has 2 aromatic rings. The summed E-state index contributed by atoms with van der Waals surface area (Å²) >= 11 is 0. The van der Waals surface area contributed by atoms with Crippen molar-refractivity contribution in [1.82, 2.24) is 20.0 Å². The summed E-state index contributed by atoms with van der Waals surface area (Å²) in [5, 5.41) is 3.04. The molecule has 2 aromatic carbocycles. The molecule has 0 spiro atoms. The predicted molar refractivity (Wildman–Crippen MR) is 147 cm³/mol. The van der Waals surface area contributed by atoms with E-state index in [0.717, 1.165) is 23.3 Å². The summed E-state index contributed by atoms with van der Waals surface area (Å²) in [5.41, 5.74) is 2.56. The number of nitrogens with zero attached hydrogens (tertiary/aromatic N) is 3. The molecule has 11 nitrogen and oxygen atoms in total. The van der Waals surface area contributed by atoms with E-state index in [2.05, 4.69) is 5.32 Å². The number of carbonyl (C=O) groups is 4. The maximum absolute atomic E-state index is 13.4. The first kappa shape index (κ1) is 26.9. The van der Waals surface area contributed by atoms with Crippen molar-refractivity contribution in [3.8, 4) is 11.5 Å². The van der Waals surface area contributed by atoms with Crippen molar-refractivity contribution >= 4 is 23.8 Å². The number of nitrogens with one attached hydrogen (secondary N) is 1. The Labute approximate surface area is 238 Å². The zero-order chi connectivity index (χ0) is 28.3. The van der Waals surface area contributed by atoms with Gasteiger partial charge in [-0.1, -0.05) is 12.1 Å². The van der Waals surface area contributed by atoms with E-state index in [-0.39, 0.29) is 43.3 Å². The maximum Gasteiger partial charge on any atom is 0.410 e. The number of fused-ring (bicyclic) bond motifs is 5. The number of hydrogen-bond acceptors (Lipinski definition) is 7. The molecule has 0 aliphatic carbocycles. The Morgan fingerprint density at radius 2 is 1.73 bits per heavy atom. The first-order valence-corrected chi connectivity index (χ1v) is 14.2. The molecule has 2 bridgehead atoms. The molecule has 4 aliphatic heterocycles. The normalized spacial score (nSPS) is 22.6. The minimum atomic E-state index is -0.489. The van der Waals surface area contributed by atoms with Gasteiger partial charge >= 0.3 is 6.09 Å². The van der Waals surface area contributed by atoms with Crippen LogP contribution < -0.4 is 14.8 Å². The van der Waals surface area contributed by atoms with Crippen LogP contribution in [0.4, 0.5) is 4.79 Å². The molecule has 0 unspecified atom stereocenters. The van der Waals surface area contributed by atoms with Gasteiger partial charge in [-0.15, -0.1) is 0 Å². The molecule has 4 aliphatic rings. The van der Waals surface area contributed by atoms with Gasteiger partial charge in [0.05, 0.1) is 25.6 Å². The van der Waals surface area contributed by atoms with Gasteiger partial charge in [0.2, 0.25) is 11.8 Å². The number of cyclic esters (lactones) is 1. The van der Waals surface area contributed by atoms with Crippen molar-refractivity contribution in [2.24, 2.45) is 5.92 Å². The van der Waals surface area contributed by atoms with Gasteiger partial charge in [0.25, 0.3) is 5.91 Å². The molecule has 0 saturated carbocycles. The zero-order valence-electron chi connectivity index (χ0n) is 22.9. The van der Waals surface area contributed by atoms with Crippen molar-refractivity contribution < 1.29 is 33.4 Å². The molecule has 11 heteroatoms. The fourth-order valence-corrected chi connectivity index (χ4v) is 5.98. The van der Waals surface area contributed by atoms with E-state index in [1.54, 1.807) is 15.9 Å². The highest BCUT2D eigenvalue weighted by Gasteiger charge is 2.41. The third-order valence-corrected chi connectivity index (χ3v) is 8.22. The van der Waals surface area contributed by atoms with Crippen LogP contribution in [0.15, 0.2) is 42.5 Å². The van der Waals surface area contributed by atoms with Crippen molar-refractivity contribution in [3.05, 3.63) is 59.2 Å². The van der Waals surface area contributed by atoms with E-state index in [1.165, 1.54) is 4.90 Å². The van der Waals surface area contributed by atoms with E-state index >= 15 is 0 Å². The molecule has 4 heterocycles. The minimum Gasteiger partial charge on any atom is -0.493 e. The van der Waals surface area contributed by atoms with Crippen LogP contribution in [0.5, 0.6) is 11.5 Å². The van der Waals surface area contributed by atoms with E-state index in [0.29, 0.717) is 63.7 Å². The topological polar surface area (TPSA) is 118 Å². The molecule has 41 heavy (non-hydrogen) atoms. The summed E-state index contributed by atoms with van der Waals surface area (Å²) in [6.07, 6.45) is 0.878. The van der Waals surface area contributed by atoms with Gasteiger partial charge in [-0.25, -0.2) is 4.79 Å². The Morgan fingerprint density at radius 1 is 0.878 bits per heavy atom. The van der Waals surface area contributed by atoms with E-state index in [1.807, 2.05) is 36.4 Å². The molecular formula is C30H34N4O7. The van der Waals surface area contributed by atoms with Gasteiger partial charge in [0.15, 0.2) is 0 Å². The number of likely N-dealkylation sites (tertiary alicyclic amines) is 1. The largest absolute Gasteiger partial charge is 0.493 e. The monoisotopic (exact) mass is 562 g/mol. The third-order valence-electron chi connectivity index (χ3n) is 8.22. The molecule has 2 atom stereocenters. The zero-order valence-corrected chi connectivity index (χ0v) is 22.9. The summed E-state index contributed by atoms with van der Waals surface area (Å²) in [6, 6.07) is 13.1. The second-order valence-corrected chi connectivity index (χ2v) is 10.8. The van der Waals surface area contributed by atoms with Crippen LogP contribution in [0.1, 0.15) is 33.8 Å². The Hall–Kier alpha value is -4.28. The predicted octanol–water partition coefficient (Wildman–Crippen LogP) is 1.66. The molecule has 6 rings (SSSR count). The van der Waals surface area contributed by atoms with Crippen molar-refractivity contribution in [1.29, 1.82) is 0 Å². The van der Waals surface area contributed by atoms with Crippen LogP contribution in [-0.4, -0.2) is 104 Å². The maximum atomic E-state index is 13.4. The number of amides is 4. The Kier molecular flexibility index (Phi) is 7.67. The fourth-order valence-electron chi connectivity index (χ4n) is 5.98. The lowest BCUT2D eigenvalue weighted by Crippen LogP contribution is -2.41. The average Bonchev–Trinajstić information content (AvgIpc) is 3.73.